The Balaban J connectivity index is 1.76. The fourth-order valence-corrected chi connectivity index (χ4v) is 3.88. The fraction of sp³-hybridized carbons (Fsp3) is 0.167. The van der Waals surface area contributed by atoms with Crippen molar-refractivity contribution in [2.24, 2.45) is 0 Å². The number of hydrogen-bond donors (Lipinski definition) is 1. The number of methoxy groups -OCH3 is 1. The molecule has 0 heterocycles. The van der Waals surface area contributed by atoms with Crippen molar-refractivity contribution in [3.8, 4) is 11.5 Å². The smallest absolute Gasteiger partial charge is 0.337 e. The van der Waals surface area contributed by atoms with Crippen LogP contribution in [0.15, 0.2) is 72.8 Å². The molecule has 172 valence electrons. The SMILES string of the molecule is COC(=O)c1ccc(C)c(NC(=O)CN(c2ccc(Oc3ccccc3)cc2)S(C)(=O)=O)c1. The lowest BCUT2D eigenvalue weighted by Gasteiger charge is -2.22. The first kappa shape index (κ1) is 23.8. The number of rotatable bonds is 8. The van der Waals surface area contributed by atoms with Crippen molar-refractivity contribution in [2.45, 2.75) is 6.92 Å². The van der Waals surface area contributed by atoms with Crippen molar-refractivity contribution >= 4 is 33.3 Å². The third-order valence-corrected chi connectivity index (χ3v) is 5.86. The summed E-state index contributed by atoms with van der Waals surface area (Å²) in [6.07, 6.45) is 1.03. The van der Waals surface area contributed by atoms with Crippen LogP contribution in [0.5, 0.6) is 11.5 Å². The molecule has 1 N–H and O–H groups in total. The summed E-state index contributed by atoms with van der Waals surface area (Å²) in [6.45, 7) is 1.32. The molecule has 0 aliphatic rings. The van der Waals surface area contributed by atoms with Gasteiger partial charge in [0.1, 0.15) is 18.0 Å². The Labute approximate surface area is 192 Å². The molecule has 3 rings (SSSR count). The number of benzene rings is 3. The second-order valence-electron chi connectivity index (χ2n) is 7.25. The molecule has 0 atom stereocenters. The number of nitrogens with one attached hydrogen (secondary N) is 1. The third kappa shape index (κ3) is 6.33. The van der Waals surface area contributed by atoms with Crippen LogP contribution in [0.25, 0.3) is 0 Å². The molecule has 0 spiro atoms. The average Bonchev–Trinajstić information content (AvgIpc) is 2.79. The predicted molar refractivity (Wildman–Crippen MR) is 126 cm³/mol. The number of hydrogen-bond acceptors (Lipinski definition) is 6. The Bertz CT molecular complexity index is 1240. The quantitative estimate of drug-likeness (QED) is 0.502. The largest absolute Gasteiger partial charge is 0.465 e. The van der Waals surface area contributed by atoms with Gasteiger partial charge in [0.25, 0.3) is 0 Å². The molecule has 0 bridgehead atoms. The minimum Gasteiger partial charge on any atom is -0.465 e. The molecule has 3 aromatic rings. The molecule has 0 saturated heterocycles. The maximum absolute atomic E-state index is 12.7. The van der Waals surface area contributed by atoms with Crippen molar-refractivity contribution in [1.82, 2.24) is 0 Å². The Kier molecular flexibility index (Phi) is 7.34. The lowest BCUT2D eigenvalue weighted by molar-refractivity contribution is -0.114. The number of aryl methyl sites for hydroxylation is 1. The van der Waals surface area contributed by atoms with Crippen molar-refractivity contribution in [3.05, 3.63) is 83.9 Å². The van der Waals surface area contributed by atoms with Crippen molar-refractivity contribution < 1.29 is 27.5 Å². The molecular weight excluding hydrogens is 444 g/mol. The first-order valence-corrected chi connectivity index (χ1v) is 11.8. The molecule has 0 radical (unpaired) electrons. The van der Waals surface area contributed by atoms with Gasteiger partial charge in [-0.15, -0.1) is 0 Å². The van der Waals surface area contributed by atoms with Gasteiger partial charge >= 0.3 is 5.97 Å². The molecule has 0 saturated carbocycles. The zero-order valence-electron chi connectivity index (χ0n) is 18.4. The third-order valence-electron chi connectivity index (χ3n) is 4.72. The van der Waals surface area contributed by atoms with Crippen LogP contribution in [0.1, 0.15) is 15.9 Å². The van der Waals surface area contributed by atoms with Crippen molar-refractivity contribution in [2.75, 3.05) is 29.5 Å². The number of nitrogens with zero attached hydrogens (tertiary/aromatic N) is 1. The summed E-state index contributed by atoms with van der Waals surface area (Å²) < 4.78 is 36.2. The standard InChI is InChI=1S/C24H24N2O6S/c1-17-9-10-18(24(28)31-2)15-22(17)25-23(27)16-26(33(3,29)30)19-11-13-21(14-12-19)32-20-7-5-4-6-8-20/h4-15H,16H2,1-3H3,(H,25,27). The van der Waals surface area contributed by atoms with Crippen molar-refractivity contribution in [3.63, 3.8) is 0 Å². The summed E-state index contributed by atoms with van der Waals surface area (Å²) in [4.78, 5) is 24.5. The van der Waals surface area contributed by atoms with Crippen LogP contribution in [-0.4, -0.2) is 40.2 Å². The summed E-state index contributed by atoms with van der Waals surface area (Å²) in [7, 11) is -2.49. The summed E-state index contributed by atoms with van der Waals surface area (Å²) in [5.41, 5.74) is 1.69. The van der Waals surface area contributed by atoms with Gasteiger partial charge in [-0.3, -0.25) is 9.10 Å². The van der Waals surface area contributed by atoms with Gasteiger partial charge in [0, 0.05) is 5.69 Å². The number of sulfonamides is 1. The van der Waals surface area contributed by atoms with Gasteiger partial charge in [-0.1, -0.05) is 24.3 Å². The highest BCUT2D eigenvalue weighted by Gasteiger charge is 2.21. The van der Waals surface area contributed by atoms with E-state index in [0.29, 0.717) is 28.4 Å². The van der Waals surface area contributed by atoms with Gasteiger partial charge in [0.05, 0.1) is 24.6 Å². The van der Waals surface area contributed by atoms with E-state index in [1.165, 1.54) is 13.2 Å². The Morgan fingerprint density at radius 2 is 1.58 bits per heavy atom. The topological polar surface area (TPSA) is 102 Å². The van der Waals surface area contributed by atoms with Gasteiger partial charge in [-0.2, -0.15) is 0 Å². The molecule has 0 aromatic heterocycles. The zero-order chi connectivity index (χ0) is 24.0. The molecule has 8 nitrogen and oxygen atoms in total. The number of ether oxygens (including phenoxy) is 2. The van der Waals surface area contributed by atoms with Gasteiger partial charge in [-0.25, -0.2) is 13.2 Å². The number of carbonyl (C=O) groups excluding carboxylic acids is 2. The summed E-state index contributed by atoms with van der Waals surface area (Å²) in [6, 6.07) is 20.3. The van der Waals surface area contributed by atoms with Crippen LogP contribution < -0.4 is 14.4 Å². The Hall–Kier alpha value is -3.85. The van der Waals surface area contributed by atoms with E-state index in [1.807, 2.05) is 18.2 Å². The van der Waals surface area contributed by atoms with Crippen LogP contribution in [0, 0.1) is 6.92 Å². The van der Waals surface area contributed by atoms with E-state index in [1.54, 1.807) is 55.5 Å². The number of esters is 1. The van der Waals surface area contributed by atoms with E-state index >= 15 is 0 Å². The van der Waals surface area contributed by atoms with E-state index in [2.05, 4.69) is 5.32 Å². The highest BCUT2D eigenvalue weighted by molar-refractivity contribution is 7.92. The highest BCUT2D eigenvalue weighted by atomic mass is 32.2. The van der Waals surface area contributed by atoms with E-state index in [9.17, 15) is 18.0 Å². The monoisotopic (exact) mass is 468 g/mol. The maximum Gasteiger partial charge on any atom is 0.337 e. The summed E-state index contributed by atoms with van der Waals surface area (Å²) in [5, 5.41) is 2.67. The molecule has 0 aliphatic heterocycles. The van der Waals surface area contributed by atoms with E-state index < -0.39 is 28.4 Å². The van der Waals surface area contributed by atoms with E-state index in [4.69, 9.17) is 9.47 Å². The summed E-state index contributed by atoms with van der Waals surface area (Å²) >= 11 is 0. The lowest BCUT2D eigenvalue weighted by atomic mass is 10.1. The minimum atomic E-state index is -3.76. The molecule has 0 unspecified atom stereocenters. The predicted octanol–water partition coefficient (Wildman–Crippen LogP) is 3.98. The number of anilines is 2. The molecule has 3 aromatic carbocycles. The highest BCUT2D eigenvalue weighted by Crippen LogP contribution is 2.26. The van der Waals surface area contributed by atoms with Gasteiger partial charge in [0.15, 0.2) is 0 Å². The second-order valence-corrected chi connectivity index (χ2v) is 9.15. The van der Waals surface area contributed by atoms with Crippen LogP contribution in [-0.2, 0) is 19.6 Å². The van der Waals surface area contributed by atoms with Crippen LogP contribution >= 0.6 is 0 Å². The lowest BCUT2D eigenvalue weighted by Crippen LogP contribution is -2.37. The number of carbonyl (C=O) groups is 2. The van der Waals surface area contributed by atoms with Gasteiger partial charge in [-0.05, 0) is 61.0 Å². The first-order chi connectivity index (χ1) is 15.7. The fourth-order valence-electron chi connectivity index (χ4n) is 3.03. The average molecular weight is 469 g/mol. The van der Waals surface area contributed by atoms with Gasteiger partial charge in [0.2, 0.25) is 15.9 Å². The summed E-state index contributed by atoms with van der Waals surface area (Å²) in [5.74, 6) is 0.0727. The Morgan fingerprint density at radius 1 is 0.939 bits per heavy atom. The normalized spacial score (nSPS) is 10.9. The number of para-hydroxylation sites is 1. The first-order valence-electron chi connectivity index (χ1n) is 9.97. The zero-order valence-corrected chi connectivity index (χ0v) is 19.3. The molecule has 0 aliphatic carbocycles. The number of amides is 1. The van der Waals surface area contributed by atoms with Crippen LogP contribution in [0.2, 0.25) is 0 Å². The molecule has 9 heteroatoms. The minimum absolute atomic E-state index is 0.271. The molecule has 0 fully saturated rings. The van der Waals surface area contributed by atoms with Gasteiger partial charge < -0.3 is 14.8 Å². The van der Waals surface area contributed by atoms with Crippen LogP contribution in [0.4, 0.5) is 11.4 Å². The molecule has 33 heavy (non-hydrogen) atoms. The van der Waals surface area contributed by atoms with Crippen LogP contribution in [0.3, 0.4) is 0 Å². The second kappa shape index (κ2) is 10.2. The molecule has 1 amide bonds. The Morgan fingerprint density at radius 3 is 2.18 bits per heavy atom. The van der Waals surface area contributed by atoms with E-state index in [-0.39, 0.29) is 5.56 Å². The maximum atomic E-state index is 12.7. The molecular formula is C24H24N2O6S. The van der Waals surface area contributed by atoms with Crippen molar-refractivity contribution in [1.29, 1.82) is 0 Å². The van der Waals surface area contributed by atoms with E-state index in [0.717, 1.165) is 10.6 Å².